The van der Waals surface area contributed by atoms with E-state index in [0.717, 1.165) is 30.8 Å². The first-order chi connectivity index (χ1) is 10.2. The zero-order valence-electron chi connectivity index (χ0n) is 11.8. The van der Waals surface area contributed by atoms with E-state index in [-0.39, 0.29) is 11.9 Å². The largest absolute Gasteiger partial charge is 0.361 e. The lowest BCUT2D eigenvalue weighted by Gasteiger charge is -2.22. The smallest absolute Gasteiger partial charge is 0.133 e. The fraction of sp³-hybridized carbons (Fsp3) is 0.375. The average molecular weight is 285 g/mol. The first-order valence-electron chi connectivity index (χ1n) is 7.03. The molecule has 0 aliphatic carbocycles. The molecule has 21 heavy (non-hydrogen) atoms. The summed E-state index contributed by atoms with van der Waals surface area (Å²) in [5.74, 6) is 0.470. The Hall–Kier alpha value is -2.19. The van der Waals surface area contributed by atoms with E-state index in [9.17, 15) is 4.39 Å². The number of aryl methyl sites for hydroxylation is 1. The van der Waals surface area contributed by atoms with Gasteiger partial charge in [-0.1, -0.05) is 11.2 Å². The second-order valence-corrected chi connectivity index (χ2v) is 5.41. The molecular weight excluding hydrogens is 269 g/mol. The number of rotatable bonds is 3. The molecule has 0 N–H and O–H groups in total. The molecule has 0 radical (unpaired) electrons. The summed E-state index contributed by atoms with van der Waals surface area (Å²) in [6.45, 7) is 3.31. The molecule has 0 amide bonds. The van der Waals surface area contributed by atoms with Crippen molar-refractivity contribution in [2.45, 2.75) is 32.4 Å². The van der Waals surface area contributed by atoms with Crippen LogP contribution in [0.3, 0.4) is 0 Å². The van der Waals surface area contributed by atoms with Crippen LogP contribution in [0.25, 0.3) is 0 Å². The Kier molecular flexibility index (Phi) is 3.72. The maximum absolute atomic E-state index is 14.0. The summed E-state index contributed by atoms with van der Waals surface area (Å²) in [7, 11) is 0. The maximum atomic E-state index is 14.0. The first kappa shape index (κ1) is 13.8. The molecule has 2 aromatic rings. The summed E-state index contributed by atoms with van der Waals surface area (Å²) in [5, 5.41) is 12.9. The van der Waals surface area contributed by atoms with Gasteiger partial charge < -0.3 is 4.52 Å². The minimum absolute atomic E-state index is 0.178. The highest BCUT2D eigenvalue weighted by molar-refractivity contribution is 5.33. The highest BCUT2D eigenvalue weighted by Crippen LogP contribution is 2.33. The zero-order chi connectivity index (χ0) is 14.8. The molecule has 0 saturated carbocycles. The highest BCUT2D eigenvalue weighted by Gasteiger charge is 2.28. The van der Waals surface area contributed by atoms with E-state index in [1.165, 1.54) is 6.07 Å². The molecule has 1 aromatic heterocycles. The van der Waals surface area contributed by atoms with Crippen LogP contribution >= 0.6 is 0 Å². The van der Waals surface area contributed by atoms with Gasteiger partial charge in [0.05, 0.1) is 17.7 Å². The second-order valence-electron chi connectivity index (χ2n) is 5.41. The van der Waals surface area contributed by atoms with Crippen molar-refractivity contribution < 1.29 is 8.91 Å². The van der Waals surface area contributed by atoms with Gasteiger partial charge in [-0.2, -0.15) is 5.26 Å². The summed E-state index contributed by atoms with van der Waals surface area (Å²) in [5.41, 5.74) is 1.88. The summed E-state index contributed by atoms with van der Waals surface area (Å²) < 4.78 is 19.2. The Morgan fingerprint density at radius 2 is 2.33 bits per heavy atom. The lowest BCUT2D eigenvalue weighted by molar-refractivity contribution is 0.234. The van der Waals surface area contributed by atoms with Gasteiger partial charge in [0.25, 0.3) is 0 Å². The molecule has 2 heterocycles. The van der Waals surface area contributed by atoms with Gasteiger partial charge in [0.15, 0.2) is 0 Å². The number of nitrogens with zero attached hydrogens (tertiary/aromatic N) is 3. The Morgan fingerprint density at radius 3 is 3.00 bits per heavy atom. The van der Waals surface area contributed by atoms with Crippen LogP contribution in [-0.2, 0) is 6.54 Å². The topological polar surface area (TPSA) is 53.1 Å². The van der Waals surface area contributed by atoms with Gasteiger partial charge in [-0.05, 0) is 38.4 Å². The predicted octanol–water partition coefficient (Wildman–Crippen LogP) is 3.33. The summed E-state index contributed by atoms with van der Waals surface area (Å²) in [6.07, 6.45) is 2.07. The Bertz CT molecular complexity index is 689. The standard InChI is InChI=1S/C16H16FN3O/c1-11-7-15(19-21-11)16-3-2-6-20(16)10-13-5-4-12(9-18)8-14(13)17/h4-5,7-8,16H,2-3,6,10H2,1H3. The normalized spacial score (nSPS) is 18.8. The van der Waals surface area contributed by atoms with Crippen LogP contribution in [0.5, 0.6) is 0 Å². The minimum Gasteiger partial charge on any atom is -0.361 e. The van der Waals surface area contributed by atoms with Crippen LogP contribution in [-0.4, -0.2) is 16.6 Å². The van der Waals surface area contributed by atoms with Crippen molar-refractivity contribution in [1.82, 2.24) is 10.1 Å². The van der Waals surface area contributed by atoms with Crippen LogP contribution in [0.2, 0.25) is 0 Å². The van der Waals surface area contributed by atoms with Gasteiger partial charge in [-0.15, -0.1) is 0 Å². The van der Waals surface area contributed by atoms with Gasteiger partial charge in [-0.3, -0.25) is 4.90 Å². The van der Waals surface area contributed by atoms with Crippen molar-refractivity contribution in [3.05, 3.63) is 52.7 Å². The lowest BCUT2D eigenvalue weighted by Crippen LogP contribution is -2.23. The van der Waals surface area contributed by atoms with Crippen LogP contribution < -0.4 is 0 Å². The van der Waals surface area contributed by atoms with Gasteiger partial charge >= 0.3 is 0 Å². The number of nitriles is 1. The van der Waals surface area contributed by atoms with Crippen molar-refractivity contribution in [1.29, 1.82) is 5.26 Å². The monoisotopic (exact) mass is 285 g/mol. The summed E-state index contributed by atoms with van der Waals surface area (Å²) in [6, 6.07) is 8.71. The molecule has 1 fully saturated rings. The van der Waals surface area contributed by atoms with Gasteiger partial charge in [0.1, 0.15) is 17.3 Å². The second kappa shape index (κ2) is 5.66. The summed E-state index contributed by atoms with van der Waals surface area (Å²) >= 11 is 0. The zero-order valence-corrected chi connectivity index (χ0v) is 11.8. The van der Waals surface area contributed by atoms with Crippen LogP contribution in [0.4, 0.5) is 4.39 Å². The Morgan fingerprint density at radius 1 is 1.48 bits per heavy atom. The molecule has 1 saturated heterocycles. The fourth-order valence-corrected chi connectivity index (χ4v) is 2.86. The maximum Gasteiger partial charge on any atom is 0.133 e. The molecular formula is C16H16FN3O. The van der Waals surface area contributed by atoms with E-state index < -0.39 is 0 Å². The molecule has 0 spiro atoms. The van der Waals surface area contributed by atoms with E-state index in [1.54, 1.807) is 12.1 Å². The Balaban J connectivity index is 1.79. The van der Waals surface area contributed by atoms with Gasteiger partial charge in [-0.25, -0.2) is 4.39 Å². The minimum atomic E-state index is -0.323. The third-order valence-electron chi connectivity index (χ3n) is 3.91. The molecule has 1 aliphatic rings. The molecule has 108 valence electrons. The van der Waals surface area contributed by atoms with Crippen molar-refractivity contribution >= 4 is 0 Å². The van der Waals surface area contributed by atoms with Crippen molar-refractivity contribution in [2.24, 2.45) is 0 Å². The molecule has 5 heteroatoms. The molecule has 1 aromatic carbocycles. The van der Waals surface area contributed by atoms with Crippen molar-refractivity contribution in [2.75, 3.05) is 6.54 Å². The van der Waals surface area contributed by atoms with Crippen LogP contribution in [0, 0.1) is 24.1 Å². The molecule has 1 aliphatic heterocycles. The third-order valence-corrected chi connectivity index (χ3v) is 3.91. The van der Waals surface area contributed by atoms with Crippen LogP contribution in [0.15, 0.2) is 28.8 Å². The molecule has 1 unspecified atom stereocenters. The van der Waals surface area contributed by atoms with Crippen LogP contribution in [0.1, 0.15) is 41.5 Å². The quantitative estimate of drug-likeness (QED) is 0.868. The molecule has 3 rings (SSSR count). The molecule has 4 nitrogen and oxygen atoms in total. The number of likely N-dealkylation sites (tertiary alicyclic amines) is 1. The number of hydrogen-bond donors (Lipinski definition) is 0. The lowest BCUT2D eigenvalue weighted by atomic mass is 10.1. The van der Waals surface area contributed by atoms with Crippen molar-refractivity contribution in [3.63, 3.8) is 0 Å². The molecule has 1 atom stereocenters. The highest BCUT2D eigenvalue weighted by atomic mass is 19.1. The van der Waals surface area contributed by atoms with E-state index in [0.29, 0.717) is 17.7 Å². The number of hydrogen-bond acceptors (Lipinski definition) is 4. The fourth-order valence-electron chi connectivity index (χ4n) is 2.86. The number of halogens is 1. The van der Waals surface area contributed by atoms with E-state index >= 15 is 0 Å². The SMILES string of the molecule is Cc1cc(C2CCCN2Cc2ccc(C#N)cc2F)no1. The number of benzene rings is 1. The van der Waals surface area contributed by atoms with Gasteiger partial charge in [0.2, 0.25) is 0 Å². The van der Waals surface area contributed by atoms with E-state index in [2.05, 4.69) is 10.1 Å². The van der Waals surface area contributed by atoms with E-state index in [1.807, 2.05) is 19.1 Å². The molecule has 0 bridgehead atoms. The summed E-state index contributed by atoms with van der Waals surface area (Å²) in [4.78, 5) is 2.21. The van der Waals surface area contributed by atoms with Gasteiger partial charge in [0, 0.05) is 18.2 Å². The van der Waals surface area contributed by atoms with Crippen molar-refractivity contribution in [3.8, 4) is 6.07 Å². The average Bonchev–Trinajstić information content (AvgIpc) is 3.09. The number of aromatic nitrogens is 1. The predicted molar refractivity (Wildman–Crippen MR) is 74.7 cm³/mol. The first-order valence-corrected chi connectivity index (χ1v) is 7.03. The van der Waals surface area contributed by atoms with E-state index in [4.69, 9.17) is 9.78 Å². The Labute approximate surface area is 122 Å². The third kappa shape index (κ3) is 2.81.